The third-order valence-electron chi connectivity index (χ3n) is 3.74. The smallest absolute Gasteiger partial charge is 0.191 e. The van der Waals surface area contributed by atoms with Crippen molar-refractivity contribution in [3.63, 3.8) is 0 Å². The van der Waals surface area contributed by atoms with Crippen LogP contribution in [-0.2, 0) is 13.1 Å². The Morgan fingerprint density at radius 3 is 2.42 bits per heavy atom. The third-order valence-corrected chi connectivity index (χ3v) is 3.74. The van der Waals surface area contributed by atoms with E-state index < -0.39 is 0 Å². The minimum Gasteiger partial charge on any atom is -0.494 e. The van der Waals surface area contributed by atoms with E-state index in [1.165, 1.54) is 5.56 Å². The highest BCUT2D eigenvalue weighted by Crippen LogP contribution is 2.20. The van der Waals surface area contributed by atoms with E-state index in [0.29, 0.717) is 31.2 Å². The number of hydrogen-bond acceptors (Lipinski definition) is 3. The Kier molecular flexibility index (Phi) is 9.52. The lowest BCUT2D eigenvalue weighted by atomic mass is 10.1. The summed E-state index contributed by atoms with van der Waals surface area (Å²) in [6, 6.07) is 15.8. The van der Waals surface area contributed by atoms with E-state index in [1.54, 1.807) is 7.05 Å². The molecule has 2 rings (SSSR count). The molecule has 0 aliphatic carbocycles. The van der Waals surface area contributed by atoms with Gasteiger partial charge in [0.05, 0.1) is 18.2 Å². The Balaban J connectivity index is 0.00000338. The predicted octanol–water partition coefficient (Wildman–Crippen LogP) is 3.75. The summed E-state index contributed by atoms with van der Waals surface area (Å²) in [6.07, 6.45) is 0. The SMILES string of the molecule is CCOc1cc(C)ccc1CNC(=NC)NCc1ccc(C#N)cc1.I. The van der Waals surface area contributed by atoms with Gasteiger partial charge in [-0.05, 0) is 43.2 Å². The number of nitriles is 1. The maximum absolute atomic E-state index is 8.84. The fraction of sp³-hybridized carbons (Fsp3) is 0.300. The number of aryl methyl sites for hydroxylation is 1. The number of benzene rings is 2. The van der Waals surface area contributed by atoms with Crippen molar-refractivity contribution in [3.8, 4) is 11.8 Å². The molecule has 0 bridgehead atoms. The van der Waals surface area contributed by atoms with Crippen molar-refractivity contribution in [3.05, 3.63) is 64.7 Å². The summed E-state index contributed by atoms with van der Waals surface area (Å²) in [7, 11) is 1.74. The van der Waals surface area contributed by atoms with Crippen LogP contribution in [0.2, 0.25) is 0 Å². The van der Waals surface area contributed by atoms with Crippen LogP contribution < -0.4 is 15.4 Å². The lowest BCUT2D eigenvalue weighted by Crippen LogP contribution is -2.36. The van der Waals surface area contributed by atoms with Gasteiger partial charge in [-0.25, -0.2) is 0 Å². The maximum Gasteiger partial charge on any atom is 0.191 e. The second-order valence-electron chi connectivity index (χ2n) is 5.63. The Bertz CT molecular complexity index is 766. The van der Waals surface area contributed by atoms with Gasteiger partial charge in [0.1, 0.15) is 5.75 Å². The van der Waals surface area contributed by atoms with Gasteiger partial charge < -0.3 is 15.4 Å². The molecule has 138 valence electrons. The first-order valence-corrected chi connectivity index (χ1v) is 8.32. The molecule has 6 heteroatoms. The summed E-state index contributed by atoms with van der Waals surface area (Å²) >= 11 is 0. The molecule has 0 radical (unpaired) electrons. The van der Waals surface area contributed by atoms with Gasteiger partial charge in [-0.1, -0.05) is 24.3 Å². The maximum atomic E-state index is 8.84. The van der Waals surface area contributed by atoms with Gasteiger partial charge >= 0.3 is 0 Å². The van der Waals surface area contributed by atoms with E-state index >= 15 is 0 Å². The number of hydrogen-bond donors (Lipinski definition) is 2. The zero-order valence-electron chi connectivity index (χ0n) is 15.4. The number of aliphatic imine (C=N–C) groups is 1. The molecule has 5 nitrogen and oxygen atoms in total. The van der Waals surface area contributed by atoms with Crippen molar-refractivity contribution in [2.45, 2.75) is 26.9 Å². The Morgan fingerprint density at radius 1 is 1.12 bits per heavy atom. The second-order valence-corrected chi connectivity index (χ2v) is 5.63. The topological polar surface area (TPSA) is 69.4 Å². The molecule has 2 aromatic carbocycles. The molecule has 2 N–H and O–H groups in total. The Hall–Kier alpha value is -2.27. The summed E-state index contributed by atoms with van der Waals surface area (Å²) in [6.45, 7) is 5.94. The molecule has 0 heterocycles. The van der Waals surface area contributed by atoms with Gasteiger partial charge in [0.2, 0.25) is 0 Å². The van der Waals surface area contributed by atoms with E-state index in [0.717, 1.165) is 16.9 Å². The molecule has 0 fully saturated rings. The van der Waals surface area contributed by atoms with Crippen LogP contribution in [-0.4, -0.2) is 19.6 Å². The van der Waals surface area contributed by atoms with Crippen LogP contribution in [0.4, 0.5) is 0 Å². The van der Waals surface area contributed by atoms with Gasteiger partial charge in [-0.2, -0.15) is 5.26 Å². The minimum atomic E-state index is 0. The number of nitrogens with zero attached hydrogens (tertiary/aromatic N) is 2. The van der Waals surface area contributed by atoms with Crippen molar-refractivity contribution in [2.75, 3.05) is 13.7 Å². The molecule has 0 unspecified atom stereocenters. The fourth-order valence-corrected chi connectivity index (χ4v) is 2.38. The van der Waals surface area contributed by atoms with Crippen molar-refractivity contribution in [1.29, 1.82) is 5.26 Å². The highest BCUT2D eigenvalue weighted by molar-refractivity contribution is 14.0. The second kappa shape index (κ2) is 11.4. The number of ether oxygens (including phenoxy) is 1. The minimum absolute atomic E-state index is 0. The van der Waals surface area contributed by atoms with Crippen molar-refractivity contribution >= 4 is 29.9 Å². The highest BCUT2D eigenvalue weighted by Gasteiger charge is 2.05. The number of rotatable bonds is 6. The van der Waals surface area contributed by atoms with E-state index in [9.17, 15) is 0 Å². The molecule has 0 amide bonds. The average molecular weight is 464 g/mol. The Morgan fingerprint density at radius 2 is 1.81 bits per heavy atom. The van der Waals surface area contributed by atoms with Crippen LogP contribution in [0.25, 0.3) is 0 Å². The molecular formula is C20H25IN4O. The lowest BCUT2D eigenvalue weighted by molar-refractivity contribution is 0.336. The van der Waals surface area contributed by atoms with Crippen LogP contribution in [0.1, 0.15) is 29.2 Å². The van der Waals surface area contributed by atoms with Crippen LogP contribution in [0.3, 0.4) is 0 Å². The summed E-state index contributed by atoms with van der Waals surface area (Å²) in [4.78, 5) is 4.25. The van der Waals surface area contributed by atoms with Crippen LogP contribution in [0.15, 0.2) is 47.5 Å². The lowest BCUT2D eigenvalue weighted by Gasteiger charge is -2.15. The van der Waals surface area contributed by atoms with Crippen LogP contribution in [0, 0.1) is 18.3 Å². The van der Waals surface area contributed by atoms with E-state index in [2.05, 4.69) is 40.8 Å². The van der Waals surface area contributed by atoms with Crippen molar-refractivity contribution < 1.29 is 4.74 Å². The third kappa shape index (κ3) is 6.56. The van der Waals surface area contributed by atoms with Crippen molar-refractivity contribution in [1.82, 2.24) is 10.6 Å². The summed E-state index contributed by atoms with van der Waals surface area (Å²) in [5, 5.41) is 15.4. The Labute approximate surface area is 172 Å². The van der Waals surface area contributed by atoms with Crippen LogP contribution >= 0.6 is 24.0 Å². The molecular weight excluding hydrogens is 439 g/mol. The highest BCUT2D eigenvalue weighted by atomic mass is 127. The molecule has 0 spiro atoms. The van der Waals surface area contributed by atoms with E-state index in [1.807, 2.05) is 37.3 Å². The molecule has 0 saturated heterocycles. The predicted molar refractivity (Wildman–Crippen MR) is 116 cm³/mol. The quantitative estimate of drug-likeness (QED) is 0.388. The molecule has 2 aromatic rings. The number of nitrogens with one attached hydrogen (secondary N) is 2. The summed E-state index contributed by atoms with van der Waals surface area (Å²) in [5.74, 6) is 1.62. The van der Waals surface area contributed by atoms with Gasteiger partial charge in [-0.3, -0.25) is 4.99 Å². The number of halogens is 1. The van der Waals surface area contributed by atoms with Gasteiger partial charge in [-0.15, -0.1) is 24.0 Å². The largest absolute Gasteiger partial charge is 0.494 e. The van der Waals surface area contributed by atoms with E-state index in [-0.39, 0.29) is 24.0 Å². The average Bonchev–Trinajstić information content (AvgIpc) is 2.64. The summed E-state index contributed by atoms with van der Waals surface area (Å²) < 4.78 is 5.71. The van der Waals surface area contributed by atoms with Crippen LogP contribution in [0.5, 0.6) is 5.75 Å². The molecule has 0 saturated carbocycles. The fourth-order valence-electron chi connectivity index (χ4n) is 2.38. The summed E-state index contributed by atoms with van der Waals surface area (Å²) in [5.41, 5.74) is 4.02. The first-order valence-electron chi connectivity index (χ1n) is 8.32. The zero-order valence-corrected chi connectivity index (χ0v) is 17.7. The number of guanidine groups is 1. The monoisotopic (exact) mass is 464 g/mol. The van der Waals surface area contributed by atoms with Gasteiger partial charge in [0.25, 0.3) is 0 Å². The zero-order chi connectivity index (χ0) is 18.1. The molecule has 0 aromatic heterocycles. The molecule has 26 heavy (non-hydrogen) atoms. The van der Waals surface area contributed by atoms with Gasteiger partial charge in [0.15, 0.2) is 5.96 Å². The molecule has 0 atom stereocenters. The normalized spacial score (nSPS) is 10.5. The standard InChI is InChI=1S/C20H24N4O.HI/c1-4-25-19-11-15(2)5-10-18(19)14-24-20(22-3)23-13-17-8-6-16(12-21)7-9-17;/h5-11H,4,13-14H2,1-3H3,(H2,22,23,24);1H. The molecule has 0 aliphatic heterocycles. The van der Waals surface area contributed by atoms with Gasteiger partial charge in [0, 0.05) is 25.7 Å². The first kappa shape index (κ1) is 21.8. The molecule has 0 aliphatic rings. The first-order chi connectivity index (χ1) is 12.2. The van der Waals surface area contributed by atoms with E-state index in [4.69, 9.17) is 10.00 Å². The van der Waals surface area contributed by atoms with Crippen molar-refractivity contribution in [2.24, 2.45) is 4.99 Å².